The molecule has 0 saturated carbocycles. The van der Waals surface area contributed by atoms with Crippen LogP contribution in [0.15, 0.2) is 24.3 Å². The zero-order chi connectivity index (χ0) is 9.10. The molecule has 70 valence electrons. The Hall–Kier alpha value is -0.530. The molecule has 0 unspecified atom stereocenters. The van der Waals surface area contributed by atoms with Gasteiger partial charge in [-0.15, -0.1) is 0 Å². The first kappa shape index (κ1) is 9.04. The van der Waals surface area contributed by atoms with Gasteiger partial charge in [-0.05, 0) is 43.0 Å². The van der Waals surface area contributed by atoms with E-state index in [0.29, 0.717) is 5.92 Å². The van der Waals surface area contributed by atoms with Crippen LogP contribution in [0.4, 0.5) is 0 Å². The monoisotopic (exact) mass is 195 g/mol. The second-order valence-electron chi connectivity index (χ2n) is 3.60. The van der Waals surface area contributed by atoms with Gasteiger partial charge in [0.15, 0.2) is 0 Å². The summed E-state index contributed by atoms with van der Waals surface area (Å²) in [6.45, 7) is 2.26. The minimum absolute atomic E-state index is 0.660. The van der Waals surface area contributed by atoms with E-state index in [1.165, 1.54) is 18.4 Å². The van der Waals surface area contributed by atoms with Crippen molar-refractivity contribution < 1.29 is 0 Å². The Balaban J connectivity index is 2.14. The van der Waals surface area contributed by atoms with Gasteiger partial charge in [0.05, 0.1) is 0 Å². The molecule has 1 fully saturated rings. The molecule has 1 N–H and O–H groups in total. The van der Waals surface area contributed by atoms with Gasteiger partial charge in [0, 0.05) is 11.6 Å². The number of hydrogen-bond acceptors (Lipinski definition) is 1. The van der Waals surface area contributed by atoms with Crippen molar-refractivity contribution in [1.82, 2.24) is 5.32 Å². The van der Waals surface area contributed by atoms with Crippen LogP contribution >= 0.6 is 11.6 Å². The van der Waals surface area contributed by atoms with Crippen molar-refractivity contribution in [3.8, 4) is 0 Å². The summed E-state index contributed by atoms with van der Waals surface area (Å²) < 4.78 is 0. The molecule has 2 heteroatoms. The van der Waals surface area contributed by atoms with Crippen LogP contribution in [-0.2, 0) is 0 Å². The Labute approximate surface area is 84.1 Å². The van der Waals surface area contributed by atoms with Gasteiger partial charge < -0.3 is 5.32 Å². The molecule has 1 heterocycles. The van der Waals surface area contributed by atoms with Crippen molar-refractivity contribution in [3.05, 3.63) is 34.9 Å². The van der Waals surface area contributed by atoms with Gasteiger partial charge in [0.25, 0.3) is 0 Å². The van der Waals surface area contributed by atoms with Crippen LogP contribution in [0.5, 0.6) is 0 Å². The maximum Gasteiger partial charge on any atom is 0.0408 e. The van der Waals surface area contributed by atoms with Crippen molar-refractivity contribution in [2.24, 2.45) is 0 Å². The quantitative estimate of drug-likeness (QED) is 0.727. The molecule has 2 rings (SSSR count). The Kier molecular flexibility index (Phi) is 2.87. The molecule has 0 spiro atoms. The summed E-state index contributed by atoms with van der Waals surface area (Å²) >= 11 is 5.94. The molecule has 0 bridgehead atoms. The van der Waals surface area contributed by atoms with E-state index in [4.69, 9.17) is 11.6 Å². The van der Waals surface area contributed by atoms with E-state index in [1.54, 1.807) is 0 Å². The number of benzene rings is 1. The first-order chi connectivity index (χ1) is 6.36. The molecule has 1 atom stereocenters. The highest BCUT2D eigenvalue weighted by Crippen LogP contribution is 2.24. The number of hydrogen-bond donors (Lipinski definition) is 1. The molecule has 0 amide bonds. The first-order valence-corrected chi connectivity index (χ1v) is 5.20. The van der Waals surface area contributed by atoms with Crippen LogP contribution in [-0.4, -0.2) is 13.1 Å². The Morgan fingerprint density at radius 2 is 2.31 bits per heavy atom. The Morgan fingerprint density at radius 1 is 1.38 bits per heavy atom. The molecule has 1 saturated heterocycles. The average molecular weight is 196 g/mol. The van der Waals surface area contributed by atoms with E-state index in [9.17, 15) is 0 Å². The van der Waals surface area contributed by atoms with E-state index >= 15 is 0 Å². The van der Waals surface area contributed by atoms with Crippen LogP contribution in [0.25, 0.3) is 0 Å². The first-order valence-electron chi connectivity index (χ1n) is 4.82. The summed E-state index contributed by atoms with van der Waals surface area (Å²) in [5, 5.41) is 4.26. The van der Waals surface area contributed by atoms with Gasteiger partial charge >= 0.3 is 0 Å². The van der Waals surface area contributed by atoms with Crippen LogP contribution in [0, 0.1) is 0 Å². The Morgan fingerprint density at radius 3 is 3.00 bits per heavy atom. The third kappa shape index (κ3) is 2.23. The summed E-state index contributed by atoms with van der Waals surface area (Å²) in [5.41, 5.74) is 1.37. The standard InChI is InChI=1S/C11H14ClN/c12-11-5-1-3-9(7-11)10-4-2-6-13-8-10/h1,3,5,7,10,13H,2,4,6,8H2/t10-/m0/s1. The summed E-state index contributed by atoms with van der Waals surface area (Å²) in [4.78, 5) is 0. The Bertz CT molecular complexity index is 279. The highest BCUT2D eigenvalue weighted by Gasteiger charge is 2.14. The zero-order valence-corrected chi connectivity index (χ0v) is 8.35. The maximum absolute atomic E-state index is 5.94. The maximum atomic E-state index is 5.94. The lowest BCUT2D eigenvalue weighted by atomic mass is 9.92. The van der Waals surface area contributed by atoms with E-state index in [0.717, 1.165) is 18.1 Å². The highest BCUT2D eigenvalue weighted by atomic mass is 35.5. The molecular formula is C11H14ClN. The normalized spacial score (nSPS) is 23.0. The minimum Gasteiger partial charge on any atom is -0.316 e. The molecule has 1 aromatic rings. The van der Waals surface area contributed by atoms with Gasteiger partial charge in [0.1, 0.15) is 0 Å². The molecule has 1 nitrogen and oxygen atoms in total. The molecule has 0 aliphatic carbocycles. The predicted octanol–water partition coefficient (Wildman–Crippen LogP) is 2.81. The van der Waals surface area contributed by atoms with Gasteiger partial charge in [-0.1, -0.05) is 23.7 Å². The minimum atomic E-state index is 0.660. The third-order valence-electron chi connectivity index (χ3n) is 2.62. The SMILES string of the molecule is Clc1cccc([C@H]2CCCNC2)c1. The van der Waals surface area contributed by atoms with E-state index in [1.807, 2.05) is 12.1 Å². The predicted molar refractivity (Wildman–Crippen MR) is 56.3 cm³/mol. The third-order valence-corrected chi connectivity index (χ3v) is 2.85. The summed E-state index contributed by atoms with van der Waals surface area (Å²) in [5.74, 6) is 0.660. The van der Waals surface area contributed by atoms with Crippen molar-refractivity contribution >= 4 is 11.6 Å². The van der Waals surface area contributed by atoms with Crippen molar-refractivity contribution in [2.75, 3.05) is 13.1 Å². The lowest BCUT2D eigenvalue weighted by Crippen LogP contribution is -2.28. The summed E-state index contributed by atoms with van der Waals surface area (Å²) in [6.07, 6.45) is 2.56. The fraction of sp³-hybridized carbons (Fsp3) is 0.455. The average Bonchev–Trinajstić information content (AvgIpc) is 2.19. The van der Waals surface area contributed by atoms with Crippen LogP contribution in [0.1, 0.15) is 24.3 Å². The highest BCUT2D eigenvalue weighted by molar-refractivity contribution is 6.30. The number of halogens is 1. The van der Waals surface area contributed by atoms with Crippen molar-refractivity contribution in [2.45, 2.75) is 18.8 Å². The lowest BCUT2D eigenvalue weighted by Gasteiger charge is -2.23. The largest absolute Gasteiger partial charge is 0.316 e. The summed E-state index contributed by atoms with van der Waals surface area (Å²) in [7, 11) is 0. The molecule has 0 radical (unpaired) electrons. The molecular weight excluding hydrogens is 182 g/mol. The lowest BCUT2D eigenvalue weighted by molar-refractivity contribution is 0.461. The van der Waals surface area contributed by atoms with Crippen molar-refractivity contribution in [3.63, 3.8) is 0 Å². The van der Waals surface area contributed by atoms with Gasteiger partial charge in [-0.3, -0.25) is 0 Å². The van der Waals surface area contributed by atoms with Crippen LogP contribution < -0.4 is 5.32 Å². The van der Waals surface area contributed by atoms with E-state index < -0.39 is 0 Å². The van der Waals surface area contributed by atoms with E-state index in [2.05, 4.69) is 17.4 Å². The number of nitrogens with one attached hydrogen (secondary N) is 1. The molecule has 1 aromatic carbocycles. The smallest absolute Gasteiger partial charge is 0.0408 e. The molecule has 0 aromatic heterocycles. The van der Waals surface area contributed by atoms with Crippen LogP contribution in [0.2, 0.25) is 5.02 Å². The molecule has 1 aliphatic rings. The van der Waals surface area contributed by atoms with Gasteiger partial charge in [-0.25, -0.2) is 0 Å². The molecule has 1 aliphatic heterocycles. The van der Waals surface area contributed by atoms with Gasteiger partial charge in [-0.2, -0.15) is 0 Å². The van der Waals surface area contributed by atoms with Crippen molar-refractivity contribution in [1.29, 1.82) is 0 Å². The molecule has 13 heavy (non-hydrogen) atoms. The summed E-state index contributed by atoms with van der Waals surface area (Å²) in [6, 6.07) is 8.22. The van der Waals surface area contributed by atoms with Gasteiger partial charge in [0.2, 0.25) is 0 Å². The fourth-order valence-electron chi connectivity index (χ4n) is 1.90. The van der Waals surface area contributed by atoms with Crippen LogP contribution in [0.3, 0.4) is 0 Å². The second-order valence-corrected chi connectivity index (χ2v) is 4.03. The second kappa shape index (κ2) is 4.12. The fourth-order valence-corrected chi connectivity index (χ4v) is 2.10. The van der Waals surface area contributed by atoms with E-state index in [-0.39, 0.29) is 0 Å². The topological polar surface area (TPSA) is 12.0 Å². The number of rotatable bonds is 1. The zero-order valence-electron chi connectivity index (χ0n) is 7.59. The number of piperidine rings is 1.